The summed E-state index contributed by atoms with van der Waals surface area (Å²) in [6.45, 7) is 3.44. The summed E-state index contributed by atoms with van der Waals surface area (Å²) < 4.78 is 32.8. The minimum Gasteiger partial charge on any atom is -0.497 e. The van der Waals surface area contributed by atoms with Gasteiger partial charge in [-0.05, 0) is 35.7 Å². The van der Waals surface area contributed by atoms with E-state index in [9.17, 15) is 13.2 Å². The van der Waals surface area contributed by atoms with Crippen LogP contribution in [0, 0.1) is 5.92 Å². The number of rotatable bonds is 8. The van der Waals surface area contributed by atoms with Gasteiger partial charge in [-0.2, -0.15) is 4.31 Å². The van der Waals surface area contributed by atoms with Gasteiger partial charge in [-0.3, -0.25) is 10.0 Å². The summed E-state index contributed by atoms with van der Waals surface area (Å²) in [6.07, 6.45) is 0. The fourth-order valence-corrected chi connectivity index (χ4v) is 4.52. The van der Waals surface area contributed by atoms with Crippen LogP contribution in [0.3, 0.4) is 0 Å². The zero-order valence-corrected chi connectivity index (χ0v) is 16.3. The first-order valence-corrected chi connectivity index (χ1v) is 9.89. The number of carbonyl (C=O) groups is 1. The van der Waals surface area contributed by atoms with E-state index in [2.05, 4.69) is 0 Å². The molecule has 0 fully saturated rings. The number of ether oxygens (including phenoxy) is 1. The van der Waals surface area contributed by atoms with Gasteiger partial charge in [-0.1, -0.05) is 44.2 Å². The monoisotopic (exact) mass is 392 g/mol. The lowest BCUT2D eigenvalue weighted by Crippen LogP contribution is -2.51. The van der Waals surface area contributed by atoms with E-state index in [1.54, 1.807) is 55.7 Å². The largest absolute Gasteiger partial charge is 0.497 e. The molecule has 27 heavy (non-hydrogen) atoms. The normalized spacial score (nSPS) is 12.8. The van der Waals surface area contributed by atoms with Gasteiger partial charge in [-0.25, -0.2) is 13.9 Å². The predicted octanol–water partition coefficient (Wildman–Crippen LogP) is 2.42. The SMILES string of the molecule is COc1ccc(S(=O)(=O)N(Cc2ccccc2)[C@@H](C(=O)NO)C(C)C)cc1. The third kappa shape index (κ3) is 4.85. The highest BCUT2D eigenvalue weighted by molar-refractivity contribution is 7.89. The molecule has 0 aliphatic carbocycles. The molecule has 7 nitrogen and oxygen atoms in total. The maximum atomic E-state index is 13.3. The molecular formula is C19H24N2O5S. The highest BCUT2D eigenvalue weighted by Gasteiger charge is 2.38. The predicted molar refractivity (Wildman–Crippen MR) is 101 cm³/mol. The zero-order chi connectivity index (χ0) is 20.0. The van der Waals surface area contributed by atoms with Crippen molar-refractivity contribution in [3.63, 3.8) is 0 Å². The zero-order valence-electron chi connectivity index (χ0n) is 15.5. The number of benzene rings is 2. The number of nitrogens with zero attached hydrogens (tertiary/aromatic N) is 1. The van der Waals surface area contributed by atoms with Gasteiger partial charge in [0.2, 0.25) is 10.0 Å². The summed E-state index contributed by atoms with van der Waals surface area (Å²) in [5, 5.41) is 9.14. The molecule has 0 aliphatic rings. The van der Waals surface area contributed by atoms with Crippen molar-refractivity contribution in [1.29, 1.82) is 0 Å². The Kier molecular flexibility index (Phi) is 6.95. The molecule has 0 unspecified atom stereocenters. The number of sulfonamides is 1. The van der Waals surface area contributed by atoms with Crippen LogP contribution in [0.5, 0.6) is 5.75 Å². The van der Waals surface area contributed by atoms with Gasteiger partial charge in [0.1, 0.15) is 11.8 Å². The van der Waals surface area contributed by atoms with Crippen molar-refractivity contribution in [2.75, 3.05) is 7.11 Å². The van der Waals surface area contributed by atoms with Crippen molar-refractivity contribution in [3.05, 3.63) is 60.2 Å². The molecule has 0 saturated carbocycles. The fraction of sp³-hybridized carbons (Fsp3) is 0.316. The van der Waals surface area contributed by atoms with E-state index in [0.29, 0.717) is 5.75 Å². The van der Waals surface area contributed by atoms with Gasteiger partial charge in [0, 0.05) is 6.54 Å². The minimum atomic E-state index is -4.02. The summed E-state index contributed by atoms with van der Waals surface area (Å²) in [4.78, 5) is 12.3. The third-order valence-corrected chi connectivity index (χ3v) is 6.01. The van der Waals surface area contributed by atoms with Crippen molar-refractivity contribution < 1.29 is 23.2 Å². The first-order chi connectivity index (χ1) is 12.8. The van der Waals surface area contributed by atoms with E-state index in [1.807, 2.05) is 6.07 Å². The molecule has 2 aromatic rings. The molecule has 2 aromatic carbocycles. The quantitative estimate of drug-likeness (QED) is 0.531. The van der Waals surface area contributed by atoms with E-state index in [-0.39, 0.29) is 17.4 Å². The Hall–Kier alpha value is -2.42. The maximum Gasteiger partial charge on any atom is 0.262 e. The highest BCUT2D eigenvalue weighted by Crippen LogP contribution is 2.26. The van der Waals surface area contributed by atoms with E-state index < -0.39 is 22.0 Å². The lowest BCUT2D eigenvalue weighted by molar-refractivity contribution is -0.134. The number of carbonyl (C=O) groups excluding carboxylic acids is 1. The number of hydrogen-bond donors (Lipinski definition) is 2. The summed E-state index contributed by atoms with van der Waals surface area (Å²) in [7, 11) is -2.53. The average molecular weight is 392 g/mol. The molecule has 2 N–H and O–H groups in total. The van der Waals surface area contributed by atoms with Crippen LogP contribution in [0.2, 0.25) is 0 Å². The summed E-state index contributed by atoms with van der Waals surface area (Å²) in [5.74, 6) is -0.621. The van der Waals surface area contributed by atoms with Crippen LogP contribution in [0.15, 0.2) is 59.5 Å². The molecule has 0 heterocycles. The molecular weight excluding hydrogens is 368 g/mol. The Morgan fingerprint density at radius 2 is 1.70 bits per heavy atom. The number of hydroxylamine groups is 1. The Morgan fingerprint density at radius 1 is 1.11 bits per heavy atom. The minimum absolute atomic E-state index is 0.00846. The lowest BCUT2D eigenvalue weighted by atomic mass is 10.0. The second-order valence-corrected chi connectivity index (χ2v) is 8.27. The van der Waals surface area contributed by atoms with Gasteiger partial charge >= 0.3 is 0 Å². The van der Waals surface area contributed by atoms with E-state index in [1.165, 1.54) is 19.2 Å². The summed E-state index contributed by atoms with van der Waals surface area (Å²) in [6, 6.07) is 13.9. The first-order valence-electron chi connectivity index (χ1n) is 8.45. The van der Waals surface area contributed by atoms with Crippen LogP contribution >= 0.6 is 0 Å². The average Bonchev–Trinajstić information content (AvgIpc) is 2.67. The van der Waals surface area contributed by atoms with Crippen LogP contribution in [0.4, 0.5) is 0 Å². The van der Waals surface area contributed by atoms with Gasteiger partial charge < -0.3 is 4.74 Å². The van der Waals surface area contributed by atoms with E-state index in [0.717, 1.165) is 9.87 Å². The Balaban J connectivity index is 2.53. The molecule has 1 atom stereocenters. The number of methoxy groups -OCH3 is 1. The topological polar surface area (TPSA) is 95.9 Å². The molecule has 2 rings (SSSR count). The van der Waals surface area contributed by atoms with Crippen molar-refractivity contribution in [2.24, 2.45) is 5.92 Å². The lowest BCUT2D eigenvalue weighted by Gasteiger charge is -2.32. The molecule has 0 saturated heterocycles. The summed E-state index contributed by atoms with van der Waals surface area (Å²) >= 11 is 0. The van der Waals surface area contributed by atoms with Crippen molar-refractivity contribution in [3.8, 4) is 5.75 Å². The van der Waals surface area contributed by atoms with Crippen molar-refractivity contribution in [1.82, 2.24) is 9.79 Å². The van der Waals surface area contributed by atoms with Gasteiger partial charge in [0.25, 0.3) is 5.91 Å². The van der Waals surface area contributed by atoms with Crippen LogP contribution < -0.4 is 10.2 Å². The van der Waals surface area contributed by atoms with Crippen LogP contribution in [0.1, 0.15) is 19.4 Å². The van der Waals surface area contributed by atoms with Gasteiger partial charge in [0.05, 0.1) is 12.0 Å². The van der Waals surface area contributed by atoms with Crippen LogP contribution in [-0.2, 0) is 21.4 Å². The Bertz CT molecular complexity index is 851. The highest BCUT2D eigenvalue weighted by atomic mass is 32.2. The number of amides is 1. The molecule has 0 aromatic heterocycles. The van der Waals surface area contributed by atoms with E-state index >= 15 is 0 Å². The summed E-state index contributed by atoms with van der Waals surface area (Å²) in [5.41, 5.74) is 2.32. The van der Waals surface area contributed by atoms with Crippen LogP contribution in [0.25, 0.3) is 0 Å². The maximum absolute atomic E-state index is 13.3. The molecule has 1 amide bonds. The Morgan fingerprint density at radius 3 is 2.19 bits per heavy atom. The molecule has 146 valence electrons. The number of nitrogens with one attached hydrogen (secondary N) is 1. The fourth-order valence-electron chi connectivity index (χ4n) is 2.81. The molecule has 0 spiro atoms. The molecule has 0 radical (unpaired) electrons. The second-order valence-electron chi connectivity index (χ2n) is 6.38. The molecule has 0 bridgehead atoms. The first kappa shape index (κ1) is 20.9. The molecule has 0 aliphatic heterocycles. The van der Waals surface area contributed by atoms with Crippen LogP contribution in [-0.4, -0.2) is 37.0 Å². The van der Waals surface area contributed by atoms with Crippen molar-refractivity contribution in [2.45, 2.75) is 31.3 Å². The number of hydrogen-bond acceptors (Lipinski definition) is 5. The van der Waals surface area contributed by atoms with Gasteiger partial charge in [-0.15, -0.1) is 0 Å². The van der Waals surface area contributed by atoms with Gasteiger partial charge in [0.15, 0.2) is 0 Å². The van der Waals surface area contributed by atoms with E-state index in [4.69, 9.17) is 9.94 Å². The molecule has 8 heteroatoms. The smallest absolute Gasteiger partial charge is 0.262 e. The second kappa shape index (κ2) is 8.98. The van der Waals surface area contributed by atoms with Crippen molar-refractivity contribution >= 4 is 15.9 Å². The third-order valence-electron chi connectivity index (χ3n) is 4.17. The standard InChI is InChI=1S/C19H24N2O5S/c1-14(2)18(19(22)20-23)21(13-15-7-5-4-6-8-15)27(24,25)17-11-9-16(26-3)10-12-17/h4-12,14,18,23H,13H2,1-3H3,(H,20,22)/t18-/m1/s1. The Labute approximate surface area is 159 Å².